The fourth-order valence-electron chi connectivity index (χ4n) is 0.674. The van der Waals surface area contributed by atoms with Crippen LogP contribution in [0.4, 0.5) is 0 Å². The maximum Gasteiger partial charge on any atom is 0.0595 e. The smallest absolute Gasteiger partial charge is 0.0595 e. The van der Waals surface area contributed by atoms with Crippen LogP contribution >= 0.6 is 22.6 Å². The second-order valence-corrected chi connectivity index (χ2v) is 2.94. The van der Waals surface area contributed by atoms with Crippen molar-refractivity contribution in [1.82, 2.24) is 0 Å². The van der Waals surface area contributed by atoms with Gasteiger partial charge in [0.05, 0.1) is 5.95 Å². The van der Waals surface area contributed by atoms with E-state index in [9.17, 15) is 5.11 Å². The number of methoxy groups -OCH3 is 1. The fourth-order valence-corrected chi connectivity index (χ4v) is 1.28. The first-order valence-corrected chi connectivity index (χ1v) is 3.83. The summed E-state index contributed by atoms with van der Waals surface area (Å²) in [4.78, 5) is 0. The lowest BCUT2D eigenvalue weighted by Crippen LogP contribution is -2.08. The van der Waals surface area contributed by atoms with E-state index in [-0.39, 0.29) is 5.95 Å². The van der Waals surface area contributed by atoms with E-state index in [2.05, 4.69) is 27.3 Å². The molecular weight excluding hydrogens is 243 g/mol. The van der Waals surface area contributed by atoms with E-state index < -0.39 is 0 Å². The van der Waals surface area contributed by atoms with E-state index >= 15 is 0 Å². The zero-order valence-electron chi connectivity index (χ0n) is 5.43. The van der Waals surface area contributed by atoms with Crippen LogP contribution in [0.5, 0.6) is 0 Å². The van der Waals surface area contributed by atoms with Gasteiger partial charge in [-0.25, -0.2) is 0 Å². The Morgan fingerprint density at radius 2 is 2.40 bits per heavy atom. The van der Waals surface area contributed by atoms with E-state index in [0.717, 1.165) is 3.58 Å². The van der Waals surface area contributed by atoms with Crippen molar-refractivity contribution in [3.63, 3.8) is 0 Å². The van der Waals surface area contributed by atoms with Crippen LogP contribution in [0.25, 0.3) is 0 Å². The van der Waals surface area contributed by atoms with Crippen molar-refractivity contribution >= 4 is 22.6 Å². The molecule has 0 heterocycles. The molecular formula is C7H6IO2-. The van der Waals surface area contributed by atoms with Crippen molar-refractivity contribution in [2.75, 3.05) is 7.11 Å². The van der Waals surface area contributed by atoms with Crippen molar-refractivity contribution in [1.29, 1.82) is 0 Å². The Balaban J connectivity index is 2.93. The monoisotopic (exact) mass is 249 g/mol. The highest BCUT2D eigenvalue weighted by Crippen LogP contribution is 2.25. The molecule has 0 radical (unpaired) electrons. The van der Waals surface area contributed by atoms with E-state index in [0.29, 0.717) is 5.57 Å². The number of halogens is 1. The molecule has 1 rings (SSSR count). The molecule has 0 fully saturated rings. The molecule has 1 aliphatic rings. The molecule has 54 valence electrons. The van der Waals surface area contributed by atoms with Gasteiger partial charge in [0.25, 0.3) is 0 Å². The number of rotatable bonds is 1. The van der Waals surface area contributed by atoms with Crippen LogP contribution in [0, 0.1) is 0 Å². The normalized spacial score (nSPS) is 20.8. The summed E-state index contributed by atoms with van der Waals surface area (Å²) in [6.07, 6.45) is 5.44. The Morgan fingerprint density at radius 1 is 1.70 bits per heavy atom. The van der Waals surface area contributed by atoms with Gasteiger partial charge in [-0.15, -0.1) is 0 Å². The Kier molecular flexibility index (Phi) is 2.37. The van der Waals surface area contributed by atoms with Crippen LogP contribution < -0.4 is 5.11 Å². The summed E-state index contributed by atoms with van der Waals surface area (Å²) in [7, 11) is 1.38. The third kappa shape index (κ3) is 1.34. The van der Waals surface area contributed by atoms with Gasteiger partial charge in [-0.05, 0) is 35.8 Å². The lowest BCUT2D eigenvalue weighted by molar-refractivity contribution is -0.354. The first-order chi connectivity index (χ1) is 4.75. The Morgan fingerprint density at radius 3 is 2.80 bits per heavy atom. The van der Waals surface area contributed by atoms with Crippen LogP contribution in [0.1, 0.15) is 0 Å². The third-order valence-electron chi connectivity index (χ3n) is 1.17. The Labute approximate surface area is 73.0 Å². The van der Waals surface area contributed by atoms with Gasteiger partial charge in [0.15, 0.2) is 0 Å². The largest absolute Gasteiger partial charge is 0.616 e. The molecule has 10 heavy (non-hydrogen) atoms. The topological polar surface area (TPSA) is 32.3 Å². The quantitative estimate of drug-likeness (QED) is 0.514. The van der Waals surface area contributed by atoms with Crippen LogP contribution in [-0.2, 0) is 4.74 Å². The first kappa shape index (κ1) is 7.65. The maximum absolute atomic E-state index is 10.9. The summed E-state index contributed by atoms with van der Waals surface area (Å²) in [5.74, 6) is -0.269. The van der Waals surface area contributed by atoms with Crippen molar-refractivity contribution in [2.24, 2.45) is 0 Å². The summed E-state index contributed by atoms with van der Waals surface area (Å²) in [5.41, 5.74) is 0.642. The van der Waals surface area contributed by atoms with Crippen molar-refractivity contribution < 1.29 is 9.84 Å². The fraction of sp³-hybridized carbons (Fsp3) is 0.143. The van der Waals surface area contributed by atoms with Gasteiger partial charge in [0.2, 0.25) is 0 Å². The summed E-state index contributed by atoms with van der Waals surface area (Å²) < 4.78 is 5.47. The Hall–Kier alpha value is -0.450. The van der Waals surface area contributed by atoms with Gasteiger partial charge in [-0.3, -0.25) is 0 Å². The highest BCUT2D eigenvalue weighted by molar-refractivity contribution is 14.1. The van der Waals surface area contributed by atoms with E-state index in [1.165, 1.54) is 7.11 Å². The van der Waals surface area contributed by atoms with Gasteiger partial charge in [-0.1, -0.05) is 12.2 Å². The van der Waals surface area contributed by atoms with Crippen LogP contribution in [0.2, 0.25) is 0 Å². The molecule has 2 nitrogen and oxygen atoms in total. The predicted octanol–water partition coefficient (Wildman–Crippen LogP) is 1.09. The molecule has 0 aromatic rings. The summed E-state index contributed by atoms with van der Waals surface area (Å²) in [6, 6.07) is 0. The molecule has 0 aromatic heterocycles. The average molecular weight is 249 g/mol. The molecule has 0 N–H and O–H groups in total. The molecule has 0 aromatic carbocycles. The summed E-state index contributed by atoms with van der Waals surface area (Å²) >= 11 is 2.09. The minimum absolute atomic E-state index is 0.269. The molecule has 0 aliphatic heterocycles. The minimum atomic E-state index is -0.269. The second-order valence-electron chi connectivity index (χ2n) is 1.78. The molecule has 0 saturated carbocycles. The van der Waals surface area contributed by atoms with Crippen LogP contribution in [0.15, 0.2) is 33.3 Å². The number of ether oxygens (including phenoxy) is 1. The lowest BCUT2D eigenvalue weighted by Gasteiger charge is -2.11. The van der Waals surface area contributed by atoms with Gasteiger partial charge in [-0.2, -0.15) is 0 Å². The Bertz CT molecular complexity index is 226. The molecule has 0 bridgehead atoms. The van der Waals surface area contributed by atoms with Crippen molar-refractivity contribution in [3.05, 3.63) is 33.3 Å². The minimum Gasteiger partial charge on any atom is -0.616 e. The van der Waals surface area contributed by atoms with Gasteiger partial charge >= 0.3 is 0 Å². The molecule has 0 spiro atoms. The molecule has 1 aliphatic carbocycles. The zero-order valence-corrected chi connectivity index (χ0v) is 7.58. The van der Waals surface area contributed by atoms with Crippen molar-refractivity contribution in [2.45, 2.75) is 0 Å². The van der Waals surface area contributed by atoms with E-state index in [4.69, 9.17) is 0 Å². The SMILES string of the molecule is CO/C([O-])=C1\C=CC=C1I. The molecule has 0 unspecified atom stereocenters. The maximum atomic E-state index is 10.9. The third-order valence-corrected chi connectivity index (χ3v) is 2.11. The lowest BCUT2D eigenvalue weighted by atomic mass is 10.3. The van der Waals surface area contributed by atoms with Crippen LogP contribution in [-0.4, -0.2) is 7.11 Å². The molecule has 0 atom stereocenters. The molecule has 0 amide bonds. The number of hydrogen-bond acceptors (Lipinski definition) is 2. The van der Waals surface area contributed by atoms with E-state index in [1.54, 1.807) is 6.08 Å². The average Bonchev–Trinajstić information content (AvgIpc) is 2.34. The summed E-state index contributed by atoms with van der Waals surface area (Å²) in [5, 5.41) is 10.9. The second kappa shape index (κ2) is 3.09. The van der Waals surface area contributed by atoms with Crippen molar-refractivity contribution in [3.8, 4) is 0 Å². The van der Waals surface area contributed by atoms with Gasteiger partial charge < -0.3 is 9.84 Å². The number of hydrogen-bond donors (Lipinski definition) is 0. The summed E-state index contributed by atoms with van der Waals surface area (Å²) in [6.45, 7) is 0. The zero-order chi connectivity index (χ0) is 7.56. The standard InChI is InChI=1S/C7H7IO2/c1-10-7(9)5-3-2-4-6(5)8/h2-4,9H,1H3/p-1/b7-5+. The van der Waals surface area contributed by atoms with E-state index in [1.807, 2.05) is 12.2 Å². The molecule has 0 saturated heterocycles. The highest BCUT2D eigenvalue weighted by atomic mass is 127. The van der Waals surface area contributed by atoms with Crippen LogP contribution in [0.3, 0.4) is 0 Å². The first-order valence-electron chi connectivity index (χ1n) is 2.75. The predicted molar refractivity (Wildman–Crippen MR) is 45.3 cm³/mol. The van der Waals surface area contributed by atoms with Gasteiger partial charge in [0.1, 0.15) is 0 Å². The highest BCUT2D eigenvalue weighted by Gasteiger charge is 2.03. The molecule has 3 heteroatoms. The number of allylic oxidation sites excluding steroid dienone is 5. The van der Waals surface area contributed by atoms with Gasteiger partial charge in [0, 0.05) is 9.15 Å².